The normalized spacial score (nSPS) is 21.9. The highest BCUT2D eigenvalue weighted by atomic mass is 16.5. The Balaban J connectivity index is 1.98. The van der Waals surface area contributed by atoms with Gasteiger partial charge in [0.05, 0.1) is 19.3 Å². The van der Waals surface area contributed by atoms with E-state index in [1.165, 1.54) is 0 Å². The van der Waals surface area contributed by atoms with E-state index in [0.717, 1.165) is 42.9 Å². The summed E-state index contributed by atoms with van der Waals surface area (Å²) in [4.78, 5) is 0. The molecule has 0 radical (unpaired) electrons. The lowest BCUT2D eigenvalue weighted by Gasteiger charge is -2.29. The molecule has 0 saturated heterocycles. The quantitative estimate of drug-likeness (QED) is 0.829. The van der Waals surface area contributed by atoms with Crippen molar-refractivity contribution in [2.75, 3.05) is 25.6 Å². The third-order valence-corrected chi connectivity index (χ3v) is 3.92. The second kappa shape index (κ2) is 8.13. The van der Waals surface area contributed by atoms with E-state index in [-0.39, 0.29) is 0 Å². The van der Waals surface area contributed by atoms with Gasteiger partial charge in [-0.1, -0.05) is 0 Å². The minimum absolute atomic E-state index is 0.433. The van der Waals surface area contributed by atoms with E-state index in [2.05, 4.69) is 11.4 Å². The first kappa shape index (κ1) is 16.0. The van der Waals surface area contributed by atoms with Crippen LogP contribution < -0.4 is 14.8 Å². The first-order valence-electron chi connectivity index (χ1n) is 7.95. The zero-order chi connectivity index (χ0) is 15.1. The number of rotatable bonds is 7. The van der Waals surface area contributed by atoms with Crippen LogP contribution in [0.1, 0.15) is 39.5 Å². The average molecular weight is 293 g/mol. The van der Waals surface area contributed by atoms with Gasteiger partial charge >= 0.3 is 0 Å². The lowest BCUT2D eigenvalue weighted by molar-refractivity contribution is 0.0682. The van der Waals surface area contributed by atoms with Crippen molar-refractivity contribution in [2.24, 2.45) is 0 Å². The maximum atomic E-state index is 5.67. The van der Waals surface area contributed by atoms with Crippen LogP contribution in [0, 0.1) is 0 Å². The first-order valence-corrected chi connectivity index (χ1v) is 7.95. The van der Waals surface area contributed by atoms with Gasteiger partial charge in [0.25, 0.3) is 0 Å². The number of benzene rings is 1. The lowest BCUT2D eigenvalue weighted by atomic mass is 9.93. The molecule has 2 rings (SSSR count). The van der Waals surface area contributed by atoms with Gasteiger partial charge in [0.1, 0.15) is 0 Å². The topological polar surface area (TPSA) is 39.7 Å². The Morgan fingerprint density at radius 2 is 1.67 bits per heavy atom. The van der Waals surface area contributed by atoms with Crippen LogP contribution in [-0.4, -0.2) is 32.5 Å². The predicted molar refractivity (Wildman–Crippen MR) is 85.5 cm³/mol. The summed E-state index contributed by atoms with van der Waals surface area (Å²) in [6.07, 6.45) is 4.99. The van der Waals surface area contributed by atoms with Crippen molar-refractivity contribution in [3.63, 3.8) is 0 Å². The van der Waals surface area contributed by atoms with Gasteiger partial charge in [-0.3, -0.25) is 0 Å². The Hall–Kier alpha value is -1.42. The highest BCUT2D eigenvalue weighted by molar-refractivity contribution is 5.55. The standard InChI is InChI=1S/C17H27NO3/c1-4-20-16-11-8-14(12-17(16)21-5-2)18-13-6-9-15(19-3)10-7-13/h8,11-13,15,18H,4-7,9-10H2,1-3H3. The summed E-state index contributed by atoms with van der Waals surface area (Å²) in [5.41, 5.74) is 1.10. The third kappa shape index (κ3) is 4.53. The van der Waals surface area contributed by atoms with Crippen LogP contribution >= 0.6 is 0 Å². The van der Waals surface area contributed by atoms with Crippen LogP contribution in [0.15, 0.2) is 18.2 Å². The second-order valence-electron chi connectivity index (χ2n) is 5.38. The van der Waals surface area contributed by atoms with Crippen LogP contribution in [0.5, 0.6) is 11.5 Å². The zero-order valence-corrected chi connectivity index (χ0v) is 13.4. The molecule has 118 valence electrons. The minimum atomic E-state index is 0.433. The molecule has 1 aliphatic rings. The molecule has 1 aliphatic carbocycles. The SMILES string of the molecule is CCOc1ccc(NC2CCC(OC)CC2)cc1OCC. The van der Waals surface area contributed by atoms with Crippen molar-refractivity contribution >= 4 is 5.69 Å². The fraction of sp³-hybridized carbons (Fsp3) is 0.647. The fourth-order valence-corrected chi connectivity index (χ4v) is 2.82. The molecule has 1 fully saturated rings. The zero-order valence-electron chi connectivity index (χ0n) is 13.4. The number of hydrogen-bond acceptors (Lipinski definition) is 4. The molecule has 0 spiro atoms. The molecule has 21 heavy (non-hydrogen) atoms. The van der Waals surface area contributed by atoms with Gasteiger partial charge in [0.2, 0.25) is 0 Å². The molecule has 1 N–H and O–H groups in total. The Morgan fingerprint density at radius 1 is 1.00 bits per heavy atom. The van der Waals surface area contributed by atoms with E-state index in [1.54, 1.807) is 7.11 Å². The van der Waals surface area contributed by atoms with Gasteiger partial charge in [-0.25, -0.2) is 0 Å². The van der Waals surface area contributed by atoms with Gasteiger partial charge in [-0.05, 0) is 51.7 Å². The van der Waals surface area contributed by atoms with Crippen molar-refractivity contribution in [1.29, 1.82) is 0 Å². The van der Waals surface area contributed by atoms with Crippen molar-refractivity contribution < 1.29 is 14.2 Å². The molecule has 1 aromatic rings. The highest BCUT2D eigenvalue weighted by Gasteiger charge is 2.20. The Labute approximate surface area is 127 Å². The van der Waals surface area contributed by atoms with Gasteiger partial charge in [0.15, 0.2) is 11.5 Å². The molecular weight excluding hydrogens is 266 g/mol. The van der Waals surface area contributed by atoms with Gasteiger partial charge in [0, 0.05) is 24.9 Å². The summed E-state index contributed by atoms with van der Waals surface area (Å²) in [7, 11) is 1.80. The molecular formula is C17H27NO3. The molecule has 0 atom stereocenters. The first-order chi connectivity index (χ1) is 10.3. The molecule has 0 bridgehead atoms. The smallest absolute Gasteiger partial charge is 0.163 e. The Kier molecular flexibility index (Phi) is 6.18. The van der Waals surface area contributed by atoms with Gasteiger partial charge in [-0.2, -0.15) is 0 Å². The van der Waals surface area contributed by atoms with Gasteiger partial charge < -0.3 is 19.5 Å². The molecule has 0 amide bonds. The molecule has 0 unspecified atom stereocenters. The number of anilines is 1. The summed E-state index contributed by atoms with van der Waals surface area (Å²) < 4.78 is 16.7. The van der Waals surface area contributed by atoms with Crippen molar-refractivity contribution in [3.05, 3.63) is 18.2 Å². The maximum absolute atomic E-state index is 5.67. The maximum Gasteiger partial charge on any atom is 0.163 e. The number of ether oxygens (including phenoxy) is 3. The van der Waals surface area contributed by atoms with Crippen molar-refractivity contribution in [3.8, 4) is 11.5 Å². The van der Waals surface area contributed by atoms with Crippen LogP contribution in [0.3, 0.4) is 0 Å². The molecule has 4 heteroatoms. The van der Waals surface area contributed by atoms with E-state index in [9.17, 15) is 0 Å². The second-order valence-corrected chi connectivity index (χ2v) is 5.38. The molecule has 0 aromatic heterocycles. The summed E-state index contributed by atoms with van der Waals surface area (Å²) in [5, 5.41) is 3.60. The summed E-state index contributed by atoms with van der Waals surface area (Å²) in [5.74, 6) is 1.63. The Morgan fingerprint density at radius 3 is 2.29 bits per heavy atom. The van der Waals surface area contributed by atoms with E-state index in [4.69, 9.17) is 14.2 Å². The van der Waals surface area contributed by atoms with E-state index >= 15 is 0 Å². The molecule has 1 saturated carbocycles. The van der Waals surface area contributed by atoms with Crippen LogP contribution in [0.25, 0.3) is 0 Å². The van der Waals surface area contributed by atoms with Crippen LogP contribution in [0.2, 0.25) is 0 Å². The highest BCUT2D eigenvalue weighted by Crippen LogP contribution is 2.32. The number of hydrogen-bond donors (Lipinski definition) is 1. The van der Waals surface area contributed by atoms with Crippen molar-refractivity contribution in [1.82, 2.24) is 0 Å². The molecule has 0 heterocycles. The average Bonchev–Trinajstić information content (AvgIpc) is 2.51. The van der Waals surface area contributed by atoms with Crippen LogP contribution in [-0.2, 0) is 4.74 Å². The lowest BCUT2D eigenvalue weighted by Crippen LogP contribution is -2.29. The van der Waals surface area contributed by atoms with E-state index < -0.39 is 0 Å². The molecule has 4 nitrogen and oxygen atoms in total. The molecule has 1 aromatic carbocycles. The third-order valence-electron chi connectivity index (χ3n) is 3.92. The van der Waals surface area contributed by atoms with E-state index in [0.29, 0.717) is 25.4 Å². The van der Waals surface area contributed by atoms with Crippen LogP contribution in [0.4, 0.5) is 5.69 Å². The number of methoxy groups -OCH3 is 1. The largest absolute Gasteiger partial charge is 0.490 e. The monoisotopic (exact) mass is 293 g/mol. The summed E-state index contributed by atoms with van der Waals surface area (Å²) in [6, 6.07) is 6.61. The van der Waals surface area contributed by atoms with Gasteiger partial charge in [-0.15, -0.1) is 0 Å². The van der Waals surface area contributed by atoms with Crippen molar-refractivity contribution in [2.45, 2.75) is 51.7 Å². The summed E-state index contributed by atoms with van der Waals surface area (Å²) in [6.45, 7) is 5.26. The summed E-state index contributed by atoms with van der Waals surface area (Å²) >= 11 is 0. The minimum Gasteiger partial charge on any atom is -0.490 e. The predicted octanol–water partition coefficient (Wildman–Crippen LogP) is 3.85. The Bertz CT molecular complexity index is 428. The number of nitrogens with one attached hydrogen (secondary N) is 1. The van der Waals surface area contributed by atoms with E-state index in [1.807, 2.05) is 26.0 Å². The fourth-order valence-electron chi connectivity index (χ4n) is 2.82. The molecule has 0 aliphatic heterocycles.